The molecule has 32 heavy (non-hydrogen) atoms. The topological polar surface area (TPSA) is 69.7 Å². The number of sulfone groups is 1. The Balaban J connectivity index is 1.21. The summed E-state index contributed by atoms with van der Waals surface area (Å²) in [6.07, 6.45) is 2.23. The third kappa shape index (κ3) is 5.27. The van der Waals surface area contributed by atoms with Gasteiger partial charge in [0.05, 0.1) is 4.90 Å². The molecule has 1 N–H and O–H groups in total. The Morgan fingerprint density at radius 3 is 2.31 bits per heavy atom. The fraction of sp³-hybridized carbons (Fsp3) is 0.458. The van der Waals surface area contributed by atoms with Crippen molar-refractivity contribution in [1.29, 1.82) is 0 Å². The molecule has 4 rings (SSSR count). The predicted molar refractivity (Wildman–Crippen MR) is 128 cm³/mol. The van der Waals surface area contributed by atoms with Gasteiger partial charge in [0.25, 0.3) is 5.91 Å². The van der Waals surface area contributed by atoms with E-state index in [2.05, 4.69) is 16.3 Å². The molecule has 1 amide bonds. The molecular weight excluding hydrogens is 446 g/mol. The molecule has 2 atom stereocenters. The van der Waals surface area contributed by atoms with Crippen molar-refractivity contribution in [3.63, 3.8) is 0 Å². The Labute approximate surface area is 195 Å². The summed E-state index contributed by atoms with van der Waals surface area (Å²) in [6, 6.07) is 12.3. The number of likely N-dealkylation sites (tertiary alicyclic amines) is 2. The van der Waals surface area contributed by atoms with E-state index in [1.165, 1.54) is 18.4 Å². The molecule has 2 aliphatic rings. The van der Waals surface area contributed by atoms with Crippen LogP contribution in [0, 0.1) is 18.8 Å². The molecule has 0 saturated carbocycles. The van der Waals surface area contributed by atoms with Gasteiger partial charge in [0, 0.05) is 55.3 Å². The van der Waals surface area contributed by atoms with Gasteiger partial charge in [-0.25, -0.2) is 8.42 Å². The van der Waals surface area contributed by atoms with Gasteiger partial charge in [-0.1, -0.05) is 17.7 Å². The van der Waals surface area contributed by atoms with Crippen molar-refractivity contribution in [3.8, 4) is 0 Å². The van der Waals surface area contributed by atoms with Crippen LogP contribution in [0.15, 0.2) is 47.4 Å². The van der Waals surface area contributed by atoms with Crippen molar-refractivity contribution in [2.75, 3.05) is 50.8 Å². The van der Waals surface area contributed by atoms with Gasteiger partial charge in [-0.3, -0.25) is 4.79 Å². The van der Waals surface area contributed by atoms with E-state index in [1.807, 2.05) is 24.0 Å². The SMILES string of the molecule is Cc1ccc(NCCCN2CC3CN(C(=O)c4ccc(S(C)(=O)=O)cc4)CC3C2)cc1Cl. The molecule has 2 saturated heterocycles. The van der Waals surface area contributed by atoms with Crippen LogP contribution in [0.25, 0.3) is 0 Å². The first-order valence-electron chi connectivity index (χ1n) is 11.0. The number of anilines is 1. The zero-order valence-corrected chi connectivity index (χ0v) is 20.1. The lowest BCUT2D eigenvalue weighted by Crippen LogP contribution is -2.33. The van der Waals surface area contributed by atoms with Gasteiger partial charge in [-0.2, -0.15) is 0 Å². The van der Waals surface area contributed by atoms with E-state index in [9.17, 15) is 13.2 Å². The fourth-order valence-electron chi connectivity index (χ4n) is 4.70. The minimum atomic E-state index is -3.25. The fourth-order valence-corrected chi connectivity index (χ4v) is 5.52. The zero-order valence-electron chi connectivity index (χ0n) is 18.6. The van der Waals surface area contributed by atoms with Crippen LogP contribution >= 0.6 is 11.6 Å². The first-order valence-corrected chi connectivity index (χ1v) is 13.3. The number of carbonyl (C=O) groups excluding carboxylic acids is 1. The molecule has 2 heterocycles. The molecule has 0 spiro atoms. The molecule has 172 valence electrons. The smallest absolute Gasteiger partial charge is 0.253 e. The maximum Gasteiger partial charge on any atom is 0.253 e. The highest BCUT2D eigenvalue weighted by atomic mass is 35.5. The molecule has 0 radical (unpaired) electrons. The first kappa shape index (κ1) is 23.1. The van der Waals surface area contributed by atoms with E-state index in [1.54, 1.807) is 12.1 Å². The number of halogens is 1. The number of hydrogen-bond acceptors (Lipinski definition) is 5. The van der Waals surface area contributed by atoms with Crippen LogP contribution in [-0.2, 0) is 9.84 Å². The van der Waals surface area contributed by atoms with Crippen molar-refractivity contribution in [2.45, 2.75) is 18.2 Å². The van der Waals surface area contributed by atoms with Gasteiger partial charge in [-0.15, -0.1) is 0 Å². The van der Waals surface area contributed by atoms with Crippen molar-refractivity contribution < 1.29 is 13.2 Å². The zero-order chi connectivity index (χ0) is 22.9. The Bertz CT molecular complexity index is 1070. The standard InChI is InChI=1S/C24H30ClN3O3S/c1-17-4-7-21(12-23(17)25)26-10-3-11-27-13-19-15-28(16-20(19)14-27)24(29)18-5-8-22(9-6-18)32(2,30)31/h4-9,12,19-20,26H,3,10-11,13-16H2,1-2H3. The van der Waals surface area contributed by atoms with Crippen LogP contribution in [0.3, 0.4) is 0 Å². The summed E-state index contributed by atoms with van der Waals surface area (Å²) in [7, 11) is -3.25. The van der Waals surface area contributed by atoms with Crippen molar-refractivity contribution in [1.82, 2.24) is 9.80 Å². The Morgan fingerprint density at radius 2 is 1.72 bits per heavy atom. The number of benzene rings is 2. The number of rotatable bonds is 7. The largest absolute Gasteiger partial charge is 0.385 e. The number of fused-ring (bicyclic) bond motifs is 1. The summed E-state index contributed by atoms with van der Waals surface area (Å²) in [5, 5.41) is 4.22. The second kappa shape index (κ2) is 9.41. The van der Waals surface area contributed by atoms with Crippen LogP contribution in [-0.4, -0.2) is 69.6 Å². The average molecular weight is 476 g/mol. The number of hydrogen-bond donors (Lipinski definition) is 1. The third-order valence-electron chi connectivity index (χ3n) is 6.53. The first-order chi connectivity index (χ1) is 15.2. The van der Waals surface area contributed by atoms with E-state index >= 15 is 0 Å². The molecule has 2 aromatic carbocycles. The van der Waals surface area contributed by atoms with Crippen molar-refractivity contribution in [3.05, 3.63) is 58.6 Å². The van der Waals surface area contributed by atoms with E-state index in [0.29, 0.717) is 17.4 Å². The van der Waals surface area contributed by atoms with Crippen LogP contribution in [0.4, 0.5) is 5.69 Å². The van der Waals surface area contributed by atoms with Crippen LogP contribution in [0.1, 0.15) is 22.3 Å². The highest BCUT2D eigenvalue weighted by molar-refractivity contribution is 7.90. The van der Waals surface area contributed by atoms with Crippen molar-refractivity contribution in [2.24, 2.45) is 11.8 Å². The molecule has 2 aliphatic heterocycles. The minimum Gasteiger partial charge on any atom is -0.385 e. The van der Waals surface area contributed by atoms with E-state index in [0.717, 1.165) is 62.0 Å². The summed E-state index contributed by atoms with van der Waals surface area (Å²) in [5.41, 5.74) is 2.69. The Morgan fingerprint density at radius 1 is 1.06 bits per heavy atom. The van der Waals surface area contributed by atoms with Gasteiger partial charge in [0.1, 0.15) is 0 Å². The molecule has 8 heteroatoms. The monoisotopic (exact) mass is 475 g/mol. The second-order valence-corrected chi connectivity index (χ2v) is 11.5. The molecule has 0 aliphatic carbocycles. The molecule has 0 bridgehead atoms. The number of aryl methyl sites for hydroxylation is 1. The average Bonchev–Trinajstić information content (AvgIpc) is 3.31. The summed E-state index contributed by atoms with van der Waals surface area (Å²) in [4.78, 5) is 17.5. The van der Waals surface area contributed by atoms with Crippen LogP contribution < -0.4 is 5.32 Å². The summed E-state index contributed by atoms with van der Waals surface area (Å²) >= 11 is 6.18. The normalized spacial score (nSPS) is 21.0. The van der Waals surface area contributed by atoms with Crippen molar-refractivity contribution >= 4 is 33.0 Å². The predicted octanol–water partition coefficient (Wildman–Crippen LogP) is 3.56. The summed E-state index contributed by atoms with van der Waals surface area (Å²) in [6.45, 7) is 7.54. The van der Waals surface area contributed by atoms with Gasteiger partial charge in [0.2, 0.25) is 0 Å². The lowest BCUT2D eigenvalue weighted by Gasteiger charge is -2.22. The third-order valence-corrected chi connectivity index (χ3v) is 8.07. The van der Waals surface area contributed by atoms with Gasteiger partial charge < -0.3 is 15.1 Å². The van der Waals surface area contributed by atoms with Gasteiger partial charge >= 0.3 is 0 Å². The maximum absolute atomic E-state index is 12.9. The number of carbonyl (C=O) groups is 1. The van der Waals surface area contributed by atoms with Gasteiger partial charge in [-0.05, 0) is 73.7 Å². The molecule has 2 unspecified atom stereocenters. The minimum absolute atomic E-state index is 0.00744. The quantitative estimate of drug-likeness (QED) is 0.620. The molecule has 2 fully saturated rings. The summed E-state index contributed by atoms with van der Waals surface area (Å²) < 4.78 is 23.2. The Kier molecular flexibility index (Phi) is 6.79. The maximum atomic E-state index is 12.9. The molecule has 0 aromatic heterocycles. The van der Waals surface area contributed by atoms with Crippen LogP contribution in [0.5, 0.6) is 0 Å². The van der Waals surface area contributed by atoms with E-state index < -0.39 is 9.84 Å². The molecule has 2 aromatic rings. The summed E-state index contributed by atoms with van der Waals surface area (Å²) in [5.74, 6) is 1.02. The highest BCUT2D eigenvalue weighted by Crippen LogP contribution is 2.32. The number of amides is 1. The van der Waals surface area contributed by atoms with Crippen LogP contribution in [0.2, 0.25) is 5.02 Å². The molecular formula is C24H30ClN3O3S. The second-order valence-electron chi connectivity index (χ2n) is 9.03. The lowest BCUT2D eigenvalue weighted by atomic mass is 10.0. The number of nitrogens with one attached hydrogen (secondary N) is 1. The highest BCUT2D eigenvalue weighted by Gasteiger charge is 2.41. The van der Waals surface area contributed by atoms with E-state index in [-0.39, 0.29) is 10.8 Å². The molecule has 6 nitrogen and oxygen atoms in total. The number of nitrogens with zero attached hydrogens (tertiary/aromatic N) is 2. The Hall–Kier alpha value is -2.09. The van der Waals surface area contributed by atoms with Gasteiger partial charge in [0.15, 0.2) is 9.84 Å². The van der Waals surface area contributed by atoms with E-state index in [4.69, 9.17) is 11.6 Å². The lowest BCUT2D eigenvalue weighted by molar-refractivity contribution is 0.0774.